The molecule has 0 N–H and O–H groups in total. The van der Waals surface area contributed by atoms with Gasteiger partial charge in [0.2, 0.25) is 0 Å². The topological polar surface area (TPSA) is 35.5 Å². The maximum atomic E-state index is 12.0. The van der Waals surface area contributed by atoms with Crippen LogP contribution in [0.5, 0.6) is 5.75 Å². The van der Waals surface area contributed by atoms with E-state index in [0.717, 1.165) is 13.2 Å². The summed E-state index contributed by atoms with van der Waals surface area (Å²) in [6, 6.07) is 3.81. The van der Waals surface area contributed by atoms with Crippen LogP contribution in [-0.4, -0.2) is 19.4 Å². The van der Waals surface area contributed by atoms with E-state index >= 15 is 0 Å². The van der Waals surface area contributed by atoms with Gasteiger partial charge in [-0.1, -0.05) is 0 Å². The summed E-state index contributed by atoms with van der Waals surface area (Å²) in [4.78, 5) is 11.2. The molecule has 0 unspecified atom stereocenters. The monoisotopic (exact) mass is 346 g/mol. The van der Waals surface area contributed by atoms with Crippen molar-refractivity contribution in [3.63, 3.8) is 0 Å². The van der Waals surface area contributed by atoms with Gasteiger partial charge in [-0.25, -0.2) is 4.79 Å². The lowest BCUT2D eigenvalue weighted by Gasteiger charge is -2.12. The Bertz CT molecular complexity index is 403. The number of carbonyl (C=O) groups is 1. The van der Waals surface area contributed by atoms with Gasteiger partial charge in [0, 0.05) is 3.57 Å². The van der Waals surface area contributed by atoms with Crippen molar-refractivity contribution in [3.8, 4) is 5.75 Å². The third-order valence-electron chi connectivity index (χ3n) is 1.57. The lowest BCUT2D eigenvalue weighted by molar-refractivity contribution is -0.274. The second-order valence-electron chi connectivity index (χ2n) is 2.68. The van der Waals surface area contributed by atoms with Gasteiger partial charge in [-0.15, -0.1) is 13.2 Å². The Morgan fingerprint density at radius 2 is 2.00 bits per heavy atom. The highest BCUT2D eigenvalue weighted by Gasteiger charge is 2.33. The van der Waals surface area contributed by atoms with Gasteiger partial charge in [-0.2, -0.15) is 0 Å². The van der Waals surface area contributed by atoms with Crippen molar-refractivity contribution >= 4 is 28.6 Å². The van der Waals surface area contributed by atoms with Gasteiger partial charge >= 0.3 is 12.3 Å². The van der Waals surface area contributed by atoms with Crippen molar-refractivity contribution in [3.05, 3.63) is 27.3 Å². The zero-order valence-electron chi connectivity index (χ0n) is 7.97. The number of ether oxygens (including phenoxy) is 2. The fourth-order valence-electron chi connectivity index (χ4n) is 0.984. The van der Waals surface area contributed by atoms with E-state index in [4.69, 9.17) is 0 Å². The molecule has 16 heavy (non-hydrogen) atoms. The average molecular weight is 346 g/mol. The van der Waals surface area contributed by atoms with Crippen molar-refractivity contribution in [2.75, 3.05) is 7.11 Å². The summed E-state index contributed by atoms with van der Waals surface area (Å²) in [5.41, 5.74) is -0.264. The van der Waals surface area contributed by atoms with Crippen LogP contribution in [-0.2, 0) is 4.74 Å². The molecule has 0 fully saturated rings. The zero-order chi connectivity index (χ0) is 12.3. The lowest BCUT2D eigenvalue weighted by atomic mass is 10.2. The molecule has 0 aliphatic rings. The zero-order valence-corrected chi connectivity index (χ0v) is 10.1. The molecule has 0 atom stereocenters. The maximum absolute atomic E-state index is 12.0. The van der Waals surface area contributed by atoms with E-state index in [-0.39, 0.29) is 5.56 Å². The molecule has 0 saturated carbocycles. The fourth-order valence-corrected chi connectivity index (χ4v) is 1.45. The Morgan fingerprint density at radius 3 is 2.50 bits per heavy atom. The predicted molar refractivity (Wildman–Crippen MR) is 57.2 cm³/mol. The van der Waals surface area contributed by atoms with Gasteiger partial charge in [-0.05, 0) is 40.8 Å². The molecular formula is C9H6F3IO3. The van der Waals surface area contributed by atoms with Crippen LogP contribution in [0.25, 0.3) is 0 Å². The molecule has 3 nitrogen and oxygen atoms in total. The van der Waals surface area contributed by atoms with Crippen LogP contribution in [0.3, 0.4) is 0 Å². The van der Waals surface area contributed by atoms with Crippen molar-refractivity contribution < 1.29 is 27.4 Å². The van der Waals surface area contributed by atoms with E-state index in [1.165, 1.54) is 12.1 Å². The third kappa shape index (κ3) is 3.54. The molecule has 7 heteroatoms. The summed E-state index contributed by atoms with van der Waals surface area (Å²) in [5.74, 6) is -1.44. The molecule has 1 rings (SSSR count). The molecule has 1 aromatic rings. The summed E-state index contributed by atoms with van der Waals surface area (Å²) in [6.45, 7) is 0. The third-order valence-corrected chi connectivity index (χ3v) is 2.25. The van der Waals surface area contributed by atoms with Crippen LogP contribution in [0, 0.1) is 3.57 Å². The highest BCUT2D eigenvalue weighted by atomic mass is 127. The molecule has 0 bridgehead atoms. The Kier molecular flexibility index (Phi) is 4.00. The number of rotatable bonds is 2. The standard InChI is InChI=1S/C9H6F3IO3/c1-15-8(14)6-3-2-5(13)4-7(6)16-9(10,11)12/h2-4H,1H3. The molecule has 0 heterocycles. The summed E-state index contributed by atoms with van der Waals surface area (Å²) in [5, 5.41) is 0. The minimum Gasteiger partial charge on any atom is -0.465 e. The maximum Gasteiger partial charge on any atom is 0.573 e. The SMILES string of the molecule is COC(=O)c1ccc(I)cc1OC(F)(F)F. The number of alkyl halides is 3. The highest BCUT2D eigenvalue weighted by molar-refractivity contribution is 14.1. The first-order valence-electron chi connectivity index (χ1n) is 3.97. The lowest BCUT2D eigenvalue weighted by Crippen LogP contribution is -2.19. The summed E-state index contributed by atoms with van der Waals surface area (Å²) < 4.78 is 44.7. The normalized spacial score (nSPS) is 11.1. The van der Waals surface area contributed by atoms with E-state index in [9.17, 15) is 18.0 Å². The molecular weight excluding hydrogens is 340 g/mol. The molecule has 1 aromatic carbocycles. The number of hydrogen-bond donors (Lipinski definition) is 0. The van der Waals surface area contributed by atoms with Crippen molar-refractivity contribution in [1.82, 2.24) is 0 Å². The van der Waals surface area contributed by atoms with Crippen LogP contribution in [0.1, 0.15) is 10.4 Å². The molecule has 0 amide bonds. The quantitative estimate of drug-likeness (QED) is 0.610. The van der Waals surface area contributed by atoms with Gasteiger partial charge < -0.3 is 9.47 Å². The molecule has 0 spiro atoms. The van der Waals surface area contributed by atoms with Crippen LogP contribution in [0.2, 0.25) is 0 Å². The Labute approximate surface area is 103 Å². The van der Waals surface area contributed by atoms with E-state index in [0.29, 0.717) is 3.57 Å². The number of halogens is 4. The predicted octanol–water partition coefficient (Wildman–Crippen LogP) is 2.98. The van der Waals surface area contributed by atoms with E-state index in [1.54, 1.807) is 0 Å². The van der Waals surface area contributed by atoms with Crippen molar-refractivity contribution in [2.45, 2.75) is 6.36 Å². The average Bonchev–Trinajstić information content (AvgIpc) is 2.14. The van der Waals surface area contributed by atoms with E-state index < -0.39 is 18.1 Å². The molecule has 0 aromatic heterocycles. The van der Waals surface area contributed by atoms with E-state index in [1.807, 2.05) is 22.6 Å². The van der Waals surface area contributed by atoms with Crippen LogP contribution in [0.15, 0.2) is 18.2 Å². The largest absolute Gasteiger partial charge is 0.573 e. The van der Waals surface area contributed by atoms with Gasteiger partial charge in [0.15, 0.2) is 0 Å². The number of methoxy groups -OCH3 is 1. The first-order valence-corrected chi connectivity index (χ1v) is 5.05. The van der Waals surface area contributed by atoms with Crippen molar-refractivity contribution in [2.24, 2.45) is 0 Å². The second-order valence-corrected chi connectivity index (χ2v) is 3.93. The van der Waals surface area contributed by atoms with Gasteiger partial charge in [0.05, 0.1) is 7.11 Å². The number of carbonyl (C=O) groups excluding carboxylic acids is 1. The number of esters is 1. The van der Waals surface area contributed by atoms with Gasteiger partial charge in [-0.3, -0.25) is 0 Å². The first kappa shape index (κ1) is 13.1. The first-order chi connectivity index (χ1) is 7.33. The summed E-state index contributed by atoms with van der Waals surface area (Å²) >= 11 is 1.81. The molecule has 0 aliphatic heterocycles. The smallest absolute Gasteiger partial charge is 0.465 e. The molecule has 0 aliphatic carbocycles. The van der Waals surface area contributed by atoms with Crippen LogP contribution < -0.4 is 4.74 Å². The molecule has 0 saturated heterocycles. The minimum absolute atomic E-state index is 0.264. The Balaban J connectivity index is 3.13. The van der Waals surface area contributed by atoms with Crippen LogP contribution in [0.4, 0.5) is 13.2 Å². The van der Waals surface area contributed by atoms with Crippen molar-refractivity contribution in [1.29, 1.82) is 0 Å². The molecule has 88 valence electrons. The second kappa shape index (κ2) is 4.89. The van der Waals surface area contributed by atoms with Gasteiger partial charge in [0.25, 0.3) is 0 Å². The summed E-state index contributed by atoms with van der Waals surface area (Å²) in [6.07, 6.45) is -4.84. The highest BCUT2D eigenvalue weighted by Crippen LogP contribution is 2.28. The number of hydrogen-bond acceptors (Lipinski definition) is 3. The molecule has 0 radical (unpaired) electrons. The van der Waals surface area contributed by atoms with E-state index in [2.05, 4.69) is 9.47 Å². The minimum atomic E-state index is -4.84. The van der Waals surface area contributed by atoms with Crippen LogP contribution >= 0.6 is 22.6 Å². The Morgan fingerprint density at radius 1 is 1.38 bits per heavy atom. The Hall–Kier alpha value is -0.990. The number of benzene rings is 1. The summed E-state index contributed by atoms with van der Waals surface area (Å²) in [7, 11) is 1.08. The van der Waals surface area contributed by atoms with Gasteiger partial charge in [0.1, 0.15) is 11.3 Å². The fraction of sp³-hybridized carbons (Fsp3) is 0.222.